The van der Waals surface area contributed by atoms with E-state index < -0.39 is 0 Å². The van der Waals surface area contributed by atoms with E-state index in [1.165, 1.54) is 17.4 Å². The van der Waals surface area contributed by atoms with Gasteiger partial charge in [-0.15, -0.1) is 22.9 Å². The smallest absolute Gasteiger partial charge is 0.151 e. The van der Waals surface area contributed by atoms with E-state index in [4.69, 9.17) is 23.2 Å². The molecule has 0 aliphatic carbocycles. The molecule has 0 aliphatic rings. The summed E-state index contributed by atoms with van der Waals surface area (Å²) in [7, 11) is 0. The zero-order valence-corrected chi connectivity index (χ0v) is 13.8. The summed E-state index contributed by atoms with van der Waals surface area (Å²) in [5.41, 5.74) is 1.10. The van der Waals surface area contributed by atoms with E-state index in [1.54, 1.807) is 6.07 Å². The summed E-state index contributed by atoms with van der Waals surface area (Å²) < 4.78 is 16.7. The van der Waals surface area contributed by atoms with Crippen LogP contribution in [0.3, 0.4) is 0 Å². The molecule has 0 fully saturated rings. The largest absolute Gasteiger partial charge is 0.318 e. The second kappa shape index (κ2) is 5.59. The number of alkyl halides is 1. The normalized spacial score (nSPS) is 14.5. The molecule has 110 valence electrons. The highest BCUT2D eigenvalue weighted by atomic mass is 35.5. The maximum Gasteiger partial charge on any atom is 0.151 e. The van der Waals surface area contributed by atoms with Crippen molar-refractivity contribution in [3.63, 3.8) is 0 Å². The molecule has 0 bridgehead atoms. The van der Waals surface area contributed by atoms with Crippen LogP contribution in [0, 0.1) is 5.82 Å². The van der Waals surface area contributed by atoms with Gasteiger partial charge in [0.05, 0.1) is 21.3 Å². The maximum absolute atomic E-state index is 14.0. The van der Waals surface area contributed by atoms with Gasteiger partial charge in [-0.1, -0.05) is 17.7 Å². The third-order valence-electron chi connectivity index (χ3n) is 3.45. The number of benzene rings is 1. The van der Waals surface area contributed by atoms with Crippen LogP contribution < -0.4 is 0 Å². The Kier molecular flexibility index (Phi) is 3.95. The number of fused-ring (bicyclic) bond motifs is 1. The number of nitrogens with zero attached hydrogens (tertiary/aromatic N) is 2. The molecule has 0 N–H and O–H groups in total. The molecule has 2 atom stereocenters. The summed E-state index contributed by atoms with van der Waals surface area (Å²) in [5.74, 6) is 0.329. The fourth-order valence-electron chi connectivity index (χ4n) is 2.47. The minimum Gasteiger partial charge on any atom is -0.318 e. The molecule has 0 spiro atoms. The third-order valence-corrected chi connectivity index (χ3v) is 5.04. The zero-order valence-electron chi connectivity index (χ0n) is 11.5. The summed E-state index contributed by atoms with van der Waals surface area (Å²) in [5, 5.41) is -0.310. The van der Waals surface area contributed by atoms with Crippen LogP contribution in [-0.2, 0) is 0 Å². The Bertz CT molecular complexity index is 794. The first-order chi connectivity index (χ1) is 9.99. The molecule has 6 heteroatoms. The molecule has 2 aromatic heterocycles. The van der Waals surface area contributed by atoms with E-state index in [-0.39, 0.29) is 17.2 Å². The van der Waals surface area contributed by atoms with Gasteiger partial charge in [0, 0.05) is 4.88 Å². The second-order valence-electron chi connectivity index (χ2n) is 4.88. The van der Waals surface area contributed by atoms with Crippen LogP contribution in [0.15, 0.2) is 30.3 Å². The maximum atomic E-state index is 14.0. The molecule has 2 unspecified atom stereocenters. The highest BCUT2D eigenvalue weighted by Crippen LogP contribution is 2.35. The Morgan fingerprint density at radius 1 is 1.24 bits per heavy atom. The second-order valence-corrected chi connectivity index (χ2v) is 7.28. The first kappa shape index (κ1) is 14.8. The number of hydrogen-bond donors (Lipinski definition) is 0. The monoisotopic (exact) mass is 342 g/mol. The van der Waals surface area contributed by atoms with Gasteiger partial charge in [-0.3, -0.25) is 0 Å². The average Bonchev–Trinajstić information content (AvgIpc) is 3.02. The van der Waals surface area contributed by atoms with Gasteiger partial charge in [0.25, 0.3) is 0 Å². The molecule has 0 radical (unpaired) electrons. The molecule has 0 saturated heterocycles. The zero-order chi connectivity index (χ0) is 15.1. The fourth-order valence-corrected chi connectivity index (χ4v) is 3.73. The summed E-state index contributed by atoms with van der Waals surface area (Å²) >= 11 is 13.8. The Morgan fingerprint density at radius 2 is 2.00 bits per heavy atom. The van der Waals surface area contributed by atoms with Crippen LogP contribution in [0.25, 0.3) is 11.0 Å². The lowest BCUT2D eigenvalue weighted by atomic mass is 10.2. The molecular weight excluding hydrogens is 330 g/mol. The van der Waals surface area contributed by atoms with Crippen LogP contribution in [0.1, 0.15) is 36.0 Å². The molecule has 3 rings (SSSR count). The lowest BCUT2D eigenvalue weighted by Crippen LogP contribution is -2.10. The molecule has 2 heterocycles. The molecule has 21 heavy (non-hydrogen) atoms. The number of rotatable bonds is 3. The van der Waals surface area contributed by atoms with Gasteiger partial charge in [-0.05, 0) is 38.1 Å². The van der Waals surface area contributed by atoms with Gasteiger partial charge in [0.1, 0.15) is 11.3 Å². The van der Waals surface area contributed by atoms with Crippen LogP contribution in [0.2, 0.25) is 4.34 Å². The van der Waals surface area contributed by atoms with Crippen molar-refractivity contribution in [2.45, 2.75) is 25.3 Å². The molecule has 0 aliphatic heterocycles. The fraction of sp³-hybridized carbons (Fsp3) is 0.267. The van der Waals surface area contributed by atoms with E-state index >= 15 is 0 Å². The standard InChI is InChI=1S/C15H13Cl2FN2S/c1-8(16)15-19-14-10(18)4-3-5-11(14)20(15)9(2)12-6-7-13(17)21-12/h3-9H,1-2H3. The lowest BCUT2D eigenvalue weighted by Gasteiger charge is -2.17. The Balaban J connectivity index is 2.24. The molecular formula is C15H13Cl2FN2S. The van der Waals surface area contributed by atoms with Crippen molar-refractivity contribution in [1.82, 2.24) is 9.55 Å². The quantitative estimate of drug-likeness (QED) is 0.550. The number of halogens is 3. The van der Waals surface area contributed by atoms with Crippen molar-refractivity contribution in [3.8, 4) is 0 Å². The predicted octanol–water partition coefficient (Wildman–Crippen LogP) is 5.80. The predicted molar refractivity (Wildman–Crippen MR) is 87.1 cm³/mol. The van der Waals surface area contributed by atoms with E-state index in [2.05, 4.69) is 4.98 Å². The van der Waals surface area contributed by atoms with Gasteiger partial charge in [0.2, 0.25) is 0 Å². The van der Waals surface area contributed by atoms with Crippen molar-refractivity contribution in [1.29, 1.82) is 0 Å². The summed E-state index contributed by atoms with van der Waals surface area (Å²) in [6.07, 6.45) is 0. The van der Waals surface area contributed by atoms with E-state index in [9.17, 15) is 4.39 Å². The molecule has 0 amide bonds. The SMILES string of the molecule is CC(Cl)c1nc2c(F)cccc2n1C(C)c1ccc(Cl)s1. The third kappa shape index (κ3) is 2.56. The topological polar surface area (TPSA) is 17.8 Å². The molecule has 3 aromatic rings. The van der Waals surface area contributed by atoms with Gasteiger partial charge in [-0.2, -0.15) is 0 Å². The van der Waals surface area contributed by atoms with Crippen molar-refractivity contribution < 1.29 is 4.39 Å². The van der Waals surface area contributed by atoms with E-state index in [1.807, 2.05) is 36.6 Å². The Labute approximate surface area is 136 Å². The van der Waals surface area contributed by atoms with Gasteiger partial charge in [-0.25, -0.2) is 9.37 Å². The average molecular weight is 343 g/mol. The highest BCUT2D eigenvalue weighted by molar-refractivity contribution is 7.16. The number of aromatic nitrogens is 2. The summed E-state index contributed by atoms with van der Waals surface area (Å²) in [6.45, 7) is 3.88. The molecule has 1 aromatic carbocycles. The van der Waals surface area contributed by atoms with Crippen LogP contribution in [0.4, 0.5) is 4.39 Å². The van der Waals surface area contributed by atoms with Crippen LogP contribution in [0.5, 0.6) is 0 Å². The van der Waals surface area contributed by atoms with Crippen molar-refractivity contribution >= 4 is 45.6 Å². The van der Waals surface area contributed by atoms with Gasteiger partial charge < -0.3 is 4.57 Å². The number of thiophene rings is 1. The minimum absolute atomic E-state index is 0.00880. The van der Waals surface area contributed by atoms with E-state index in [0.717, 1.165) is 14.7 Å². The van der Waals surface area contributed by atoms with Crippen molar-refractivity contribution in [2.24, 2.45) is 0 Å². The first-order valence-electron chi connectivity index (χ1n) is 6.54. The van der Waals surface area contributed by atoms with Crippen molar-refractivity contribution in [2.75, 3.05) is 0 Å². The summed E-state index contributed by atoms with van der Waals surface area (Å²) in [6, 6.07) is 8.79. The van der Waals surface area contributed by atoms with Crippen LogP contribution >= 0.6 is 34.5 Å². The van der Waals surface area contributed by atoms with E-state index in [0.29, 0.717) is 11.3 Å². The van der Waals surface area contributed by atoms with Gasteiger partial charge >= 0.3 is 0 Å². The number of hydrogen-bond acceptors (Lipinski definition) is 2. The Morgan fingerprint density at radius 3 is 2.62 bits per heavy atom. The lowest BCUT2D eigenvalue weighted by molar-refractivity contribution is 0.628. The first-order valence-corrected chi connectivity index (χ1v) is 8.17. The minimum atomic E-state index is -0.332. The number of imidazole rings is 1. The molecule has 0 saturated carbocycles. The van der Waals surface area contributed by atoms with Crippen LogP contribution in [-0.4, -0.2) is 9.55 Å². The van der Waals surface area contributed by atoms with Gasteiger partial charge in [0.15, 0.2) is 5.82 Å². The molecule has 2 nitrogen and oxygen atoms in total. The number of para-hydroxylation sites is 1. The Hall–Kier alpha value is -1.10. The summed E-state index contributed by atoms with van der Waals surface area (Å²) in [4.78, 5) is 5.48. The highest BCUT2D eigenvalue weighted by Gasteiger charge is 2.22. The van der Waals surface area contributed by atoms with Crippen molar-refractivity contribution in [3.05, 3.63) is 51.2 Å².